The lowest BCUT2D eigenvalue weighted by Gasteiger charge is -2.17. The van der Waals surface area contributed by atoms with Crippen molar-refractivity contribution >= 4 is 5.96 Å². The van der Waals surface area contributed by atoms with Gasteiger partial charge < -0.3 is 20.5 Å². The second-order valence-corrected chi connectivity index (χ2v) is 6.74. The van der Waals surface area contributed by atoms with Crippen LogP contribution in [0.1, 0.15) is 31.1 Å². The van der Waals surface area contributed by atoms with Crippen LogP contribution < -0.4 is 10.6 Å². The number of benzene rings is 2. The maximum Gasteiger partial charge on any atom is 0.191 e. The average molecular weight is 387 g/mol. The van der Waals surface area contributed by atoms with Crippen LogP contribution in [0.4, 0.5) is 4.39 Å². The number of ether oxygens (including phenoxy) is 1. The Balaban J connectivity index is 1.78. The lowest BCUT2D eigenvalue weighted by atomic mass is 10.1. The Hall–Kier alpha value is -2.44. The molecule has 0 aliphatic heterocycles. The lowest BCUT2D eigenvalue weighted by Crippen LogP contribution is -2.39. The lowest BCUT2D eigenvalue weighted by molar-refractivity contribution is 0.0944. The van der Waals surface area contributed by atoms with Gasteiger partial charge in [0, 0.05) is 25.2 Å². The number of hydrogen-bond acceptors (Lipinski definition) is 3. The first-order chi connectivity index (χ1) is 13.6. The molecule has 2 rings (SSSR count). The zero-order valence-electron chi connectivity index (χ0n) is 16.6. The zero-order valence-corrected chi connectivity index (χ0v) is 16.6. The topological polar surface area (TPSA) is 65.9 Å². The van der Waals surface area contributed by atoms with E-state index >= 15 is 0 Å². The number of hydrogen-bond donors (Lipinski definition) is 3. The van der Waals surface area contributed by atoms with Gasteiger partial charge in [0.1, 0.15) is 5.82 Å². The monoisotopic (exact) mass is 387 g/mol. The molecule has 0 saturated heterocycles. The molecule has 2 aromatic rings. The predicted molar refractivity (Wildman–Crippen MR) is 111 cm³/mol. The van der Waals surface area contributed by atoms with Crippen molar-refractivity contribution in [1.29, 1.82) is 0 Å². The third-order valence-electron chi connectivity index (χ3n) is 4.15. The fraction of sp³-hybridized carbons (Fsp3) is 0.409. The van der Waals surface area contributed by atoms with Crippen molar-refractivity contribution in [3.05, 3.63) is 71.5 Å². The summed E-state index contributed by atoms with van der Waals surface area (Å²) in [5.74, 6) is 0.423. The Morgan fingerprint density at radius 2 is 1.82 bits per heavy atom. The number of rotatable bonds is 10. The maximum atomic E-state index is 13.8. The van der Waals surface area contributed by atoms with Gasteiger partial charge in [-0.1, -0.05) is 55.5 Å². The van der Waals surface area contributed by atoms with E-state index < -0.39 is 11.9 Å². The van der Waals surface area contributed by atoms with Gasteiger partial charge in [-0.15, -0.1) is 0 Å². The van der Waals surface area contributed by atoms with Crippen molar-refractivity contribution in [2.24, 2.45) is 10.9 Å². The standard InChI is InChI=1S/C22H30FN3O2/c1-3-24-22(26-14-21(27)19-11-7-8-12-20(19)23)25-13-17(2)15-28-16-18-9-5-4-6-10-18/h4-12,17,21,27H,3,13-16H2,1-2H3,(H2,24,25,26). The number of nitrogens with one attached hydrogen (secondary N) is 2. The third kappa shape index (κ3) is 7.66. The maximum absolute atomic E-state index is 13.8. The van der Waals surface area contributed by atoms with Crippen LogP contribution in [0.5, 0.6) is 0 Å². The molecule has 2 aromatic carbocycles. The average Bonchev–Trinajstić information content (AvgIpc) is 2.71. The van der Waals surface area contributed by atoms with E-state index in [-0.39, 0.29) is 18.0 Å². The SMILES string of the molecule is CCNC(=NCC(C)COCc1ccccc1)NCC(O)c1ccccc1F. The van der Waals surface area contributed by atoms with Crippen LogP contribution >= 0.6 is 0 Å². The van der Waals surface area contributed by atoms with Crippen molar-refractivity contribution in [2.75, 3.05) is 26.2 Å². The van der Waals surface area contributed by atoms with Crippen molar-refractivity contribution in [3.63, 3.8) is 0 Å². The van der Waals surface area contributed by atoms with Crippen LogP contribution in [-0.4, -0.2) is 37.3 Å². The van der Waals surface area contributed by atoms with Crippen molar-refractivity contribution in [3.8, 4) is 0 Å². The number of aliphatic hydroxyl groups excluding tert-OH is 1. The number of nitrogens with zero attached hydrogens (tertiary/aromatic N) is 1. The molecule has 2 atom stereocenters. The van der Waals surface area contributed by atoms with Crippen LogP contribution in [0, 0.1) is 11.7 Å². The first-order valence-corrected chi connectivity index (χ1v) is 9.66. The van der Waals surface area contributed by atoms with Gasteiger partial charge in [-0.25, -0.2) is 4.39 Å². The summed E-state index contributed by atoms with van der Waals surface area (Å²) in [6, 6.07) is 16.3. The molecule has 0 spiro atoms. The van der Waals surface area contributed by atoms with Gasteiger partial charge in [-0.05, 0) is 24.5 Å². The van der Waals surface area contributed by atoms with Gasteiger partial charge in [-0.2, -0.15) is 0 Å². The minimum Gasteiger partial charge on any atom is -0.386 e. The van der Waals surface area contributed by atoms with Crippen molar-refractivity contribution in [2.45, 2.75) is 26.6 Å². The number of halogens is 1. The first-order valence-electron chi connectivity index (χ1n) is 9.66. The normalized spacial score (nSPS) is 13.8. The molecule has 0 amide bonds. The van der Waals surface area contributed by atoms with E-state index in [1.807, 2.05) is 37.3 Å². The Kier molecular flexibility index (Phi) is 9.45. The van der Waals surface area contributed by atoms with Crippen LogP contribution in [0.3, 0.4) is 0 Å². The quantitative estimate of drug-likeness (QED) is 0.432. The molecule has 6 heteroatoms. The summed E-state index contributed by atoms with van der Waals surface area (Å²) in [6.45, 7) is 6.69. The molecule has 0 radical (unpaired) electrons. The van der Waals surface area contributed by atoms with E-state index in [1.54, 1.807) is 18.2 Å². The van der Waals surface area contributed by atoms with Gasteiger partial charge in [0.2, 0.25) is 0 Å². The minimum absolute atomic E-state index is 0.172. The first kappa shape index (κ1) is 21.9. The van der Waals surface area contributed by atoms with E-state index in [2.05, 4.69) is 22.5 Å². The minimum atomic E-state index is -0.948. The Morgan fingerprint density at radius 1 is 1.11 bits per heavy atom. The molecule has 0 fully saturated rings. The summed E-state index contributed by atoms with van der Waals surface area (Å²) in [7, 11) is 0. The van der Waals surface area contributed by atoms with E-state index in [0.29, 0.717) is 32.3 Å². The smallest absolute Gasteiger partial charge is 0.191 e. The molecule has 28 heavy (non-hydrogen) atoms. The second kappa shape index (κ2) is 12.1. The molecule has 2 unspecified atom stereocenters. The number of aliphatic imine (C=N–C) groups is 1. The van der Waals surface area contributed by atoms with Gasteiger partial charge >= 0.3 is 0 Å². The van der Waals surface area contributed by atoms with Crippen LogP contribution in [-0.2, 0) is 11.3 Å². The van der Waals surface area contributed by atoms with Crippen molar-refractivity contribution in [1.82, 2.24) is 10.6 Å². The fourth-order valence-corrected chi connectivity index (χ4v) is 2.64. The van der Waals surface area contributed by atoms with Gasteiger partial charge in [0.25, 0.3) is 0 Å². The highest BCUT2D eigenvalue weighted by atomic mass is 19.1. The van der Waals surface area contributed by atoms with Crippen LogP contribution in [0.2, 0.25) is 0 Å². The van der Waals surface area contributed by atoms with Crippen LogP contribution in [0.15, 0.2) is 59.6 Å². The summed E-state index contributed by atoms with van der Waals surface area (Å²) in [5.41, 5.74) is 1.42. The zero-order chi connectivity index (χ0) is 20.2. The summed E-state index contributed by atoms with van der Waals surface area (Å²) >= 11 is 0. The molecule has 0 heterocycles. The third-order valence-corrected chi connectivity index (χ3v) is 4.15. The molecule has 0 aliphatic carbocycles. The van der Waals surface area contributed by atoms with E-state index in [9.17, 15) is 9.50 Å². The Morgan fingerprint density at radius 3 is 2.54 bits per heavy atom. The summed E-state index contributed by atoms with van der Waals surface area (Å²) in [6.07, 6.45) is -0.948. The van der Waals surface area contributed by atoms with E-state index in [0.717, 1.165) is 5.56 Å². The molecular weight excluding hydrogens is 357 g/mol. The molecule has 5 nitrogen and oxygen atoms in total. The van der Waals surface area contributed by atoms with E-state index in [4.69, 9.17) is 4.74 Å². The van der Waals surface area contributed by atoms with Crippen LogP contribution in [0.25, 0.3) is 0 Å². The highest BCUT2D eigenvalue weighted by Gasteiger charge is 2.12. The predicted octanol–water partition coefficient (Wildman–Crippen LogP) is 3.27. The highest BCUT2D eigenvalue weighted by molar-refractivity contribution is 5.79. The second-order valence-electron chi connectivity index (χ2n) is 6.74. The van der Waals surface area contributed by atoms with Gasteiger partial charge in [-0.3, -0.25) is 4.99 Å². The number of aliphatic hydroxyl groups is 1. The molecule has 152 valence electrons. The molecule has 0 saturated carbocycles. The fourth-order valence-electron chi connectivity index (χ4n) is 2.64. The molecule has 0 aliphatic rings. The van der Waals surface area contributed by atoms with Crippen molar-refractivity contribution < 1.29 is 14.2 Å². The molecular formula is C22H30FN3O2. The summed E-state index contributed by atoms with van der Waals surface area (Å²) < 4.78 is 19.5. The summed E-state index contributed by atoms with van der Waals surface area (Å²) in [5, 5.41) is 16.4. The largest absolute Gasteiger partial charge is 0.386 e. The summed E-state index contributed by atoms with van der Waals surface area (Å²) in [4.78, 5) is 4.54. The molecule has 3 N–H and O–H groups in total. The Bertz CT molecular complexity index is 725. The van der Waals surface area contributed by atoms with Gasteiger partial charge in [0.05, 0.1) is 19.3 Å². The molecule has 0 bridgehead atoms. The van der Waals surface area contributed by atoms with Gasteiger partial charge in [0.15, 0.2) is 5.96 Å². The molecule has 0 aromatic heterocycles. The Labute approximate surface area is 166 Å². The highest BCUT2D eigenvalue weighted by Crippen LogP contribution is 2.15. The van der Waals surface area contributed by atoms with E-state index in [1.165, 1.54) is 6.07 Å². The number of guanidine groups is 1.